The Labute approximate surface area is 165 Å². The van der Waals surface area contributed by atoms with E-state index in [0.29, 0.717) is 0 Å². The molecule has 0 unspecified atom stereocenters. The van der Waals surface area contributed by atoms with Gasteiger partial charge in [-0.15, -0.1) is 0 Å². The first kappa shape index (κ1) is 19.1. The number of benzene rings is 1. The van der Waals surface area contributed by atoms with E-state index in [2.05, 4.69) is 82.4 Å². The molecule has 3 rings (SSSR count). The van der Waals surface area contributed by atoms with Crippen molar-refractivity contribution < 1.29 is 9.13 Å². The third kappa shape index (κ3) is 5.41. The fourth-order valence-corrected chi connectivity index (χ4v) is 3.70. The second-order valence-electron chi connectivity index (χ2n) is 6.47. The SMILES string of the molecule is CN(CCSc1nccc[n+]1C)c1ccccc1/C=C/c1cc[n+](C)cc1. The third-order valence-corrected chi connectivity index (χ3v) is 5.39. The molecule has 4 nitrogen and oxygen atoms in total. The van der Waals surface area contributed by atoms with Crippen LogP contribution in [0.4, 0.5) is 5.69 Å². The highest BCUT2D eigenvalue weighted by Crippen LogP contribution is 2.22. The van der Waals surface area contributed by atoms with E-state index in [1.165, 1.54) is 16.8 Å². The zero-order valence-electron chi connectivity index (χ0n) is 16.1. The van der Waals surface area contributed by atoms with Crippen LogP contribution in [0.3, 0.4) is 0 Å². The third-order valence-electron chi connectivity index (χ3n) is 4.35. The number of anilines is 1. The van der Waals surface area contributed by atoms with Crippen molar-refractivity contribution in [2.75, 3.05) is 24.2 Å². The first-order chi connectivity index (χ1) is 13.1. The summed E-state index contributed by atoms with van der Waals surface area (Å²) in [6.07, 6.45) is 12.3. The van der Waals surface area contributed by atoms with E-state index in [4.69, 9.17) is 0 Å². The van der Waals surface area contributed by atoms with E-state index >= 15 is 0 Å². The maximum absolute atomic E-state index is 4.43. The number of pyridine rings is 1. The van der Waals surface area contributed by atoms with Gasteiger partial charge in [-0.25, -0.2) is 9.13 Å². The molecule has 2 aromatic heterocycles. The predicted octanol–water partition coefficient (Wildman–Crippen LogP) is 3.13. The van der Waals surface area contributed by atoms with Crippen LogP contribution < -0.4 is 14.0 Å². The summed E-state index contributed by atoms with van der Waals surface area (Å²) in [6.45, 7) is 0.952. The first-order valence-corrected chi connectivity index (χ1v) is 9.99. The van der Waals surface area contributed by atoms with Crippen molar-refractivity contribution in [3.8, 4) is 0 Å². The van der Waals surface area contributed by atoms with Crippen LogP contribution >= 0.6 is 11.8 Å². The van der Waals surface area contributed by atoms with Gasteiger partial charge in [-0.3, -0.25) is 0 Å². The minimum Gasteiger partial charge on any atom is -0.373 e. The molecule has 0 aliphatic heterocycles. The summed E-state index contributed by atoms with van der Waals surface area (Å²) < 4.78 is 4.10. The normalized spacial score (nSPS) is 11.1. The highest BCUT2D eigenvalue weighted by Gasteiger charge is 2.10. The summed E-state index contributed by atoms with van der Waals surface area (Å²) in [5, 5.41) is 1.04. The molecule has 27 heavy (non-hydrogen) atoms. The molecular weight excluding hydrogens is 352 g/mol. The van der Waals surface area contributed by atoms with Gasteiger partial charge in [0.15, 0.2) is 12.4 Å². The first-order valence-electron chi connectivity index (χ1n) is 9.00. The number of para-hydroxylation sites is 1. The fraction of sp³-hybridized carbons (Fsp3) is 0.227. The van der Waals surface area contributed by atoms with E-state index in [1.807, 2.05) is 37.1 Å². The van der Waals surface area contributed by atoms with Crippen LogP contribution in [0.2, 0.25) is 0 Å². The molecule has 5 heteroatoms. The molecule has 0 radical (unpaired) electrons. The lowest BCUT2D eigenvalue weighted by Crippen LogP contribution is -2.31. The van der Waals surface area contributed by atoms with Gasteiger partial charge >= 0.3 is 5.16 Å². The fourth-order valence-electron chi connectivity index (χ4n) is 2.75. The molecule has 0 N–H and O–H groups in total. The molecule has 0 bridgehead atoms. The zero-order valence-corrected chi connectivity index (χ0v) is 16.9. The van der Waals surface area contributed by atoms with Gasteiger partial charge in [-0.2, -0.15) is 0 Å². The number of hydrogen-bond acceptors (Lipinski definition) is 3. The summed E-state index contributed by atoms with van der Waals surface area (Å²) in [7, 11) is 6.21. The van der Waals surface area contributed by atoms with Crippen molar-refractivity contribution >= 4 is 29.6 Å². The second-order valence-corrected chi connectivity index (χ2v) is 7.53. The second kappa shape index (κ2) is 9.33. The van der Waals surface area contributed by atoms with Gasteiger partial charge in [0.25, 0.3) is 0 Å². The number of rotatable bonds is 7. The Hall–Kier alpha value is -2.66. The van der Waals surface area contributed by atoms with Crippen molar-refractivity contribution in [3.63, 3.8) is 0 Å². The number of thioether (sulfide) groups is 1. The summed E-state index contributed by atoms with van der Waals surface area (Å²) in [5.41, 5.74) is 3.66. The molecular formula is C22H26N4S+2. The standard InChI is InChI=1S/C22H26N4S/c1-24-15-11-19(12-16-24)9-10-20-7-4-5-8-21(20)25(2)17-18-27-22-23-13-6-14-26(22)3/h4-16H,17-18H2,1-3H3/q+2. The Morgan fingerprint density at radius 1 is 1.00 bits per heavy atom. The van der Waals surface area contributed by atoms with Gasteiger partial charge in [0.1, 0.15) is 13.2 Å². The zero-order chi connectivity index (χ0) is 19.1. The molecule has 0 amide bonds. The molecule has 0 spiro atoms. The lowest BCUT2D eigenvalue weighted by atomic mass is 10.1. The van der Waals surface area contributed by atoms with Gasteiger partial charge in [0.2, 0.25) is 0 Å². The van der Waals surface area contributed by atoms with E-state index in [1.54, 1.807) is 11.8 Å². The van der Waals surface area contributed by atoms with Crippen LogP contribution in [0.5, 0.6) is 0 Å². The molecule has 1 aromatic carbocycles. The van der Waals surface area contributed by atoms with Crippen LogP contribution in [-0.2, 0) is 14.1 Å². The minimum atomic E-state index is 0.952. The molecule has 3 aromatic rings. The van der Waals surface area contributed by atoms with Gasteiger partial charge in [0, 0.05) is 43.2 Å². The lowest BCUT2D eigenvalue weighted by Gasteiger charge is -2.21. The number of aromatic nitrogens is 3. The Morgan fingerprint density at radius 2 is 1.78 bits per heavy atom. The van der Waals surface area contributed by atoms with E-state index < -0.39 is 0 Å². The average Bonchev–Trinajstić information content (AvgIpc) is 2.69. The van der Waals surface area contributed by atoms with E-state index in [9.17, 15) is 0 Å². The molecule has 0 saturated carbocycles. The molecule has 0 aliphatic carbocycles. The molecule has 0 saturated heterocycles. The molecule has 0 fully saturated rings. The topological polar surface area (TPSA) is 23.9 Å². The number of aryl methyl sites for hydroxylation is 2. The average molecular weight is 379 g/mol. The van der Waals surface area contributed by atoms with Crippen LogP contribution in [0.25, 0.3) is 12.2 Å². The van der Waals surface area contributed by atoms with Crippen LogP contribution in [0, 0.1) is 0 Å². The molecule has 138 valence electrons. The van der Waals surface area contributed by atoms with Crippen molar-refractivity contribution in [3.05, 3.63) is 78.4 Å². The highest BCUT2D eigenvalue weighted by atomic mass is 32.2. The van der Waals surface area contributed by atoms with Gasteiger partial charge < -0.3 is 4.90 Å². The highest BCUT2D eigenvalue weighted by molar-refractivity contribution is 7.99. The Bertz CT molecular complexity index is 906. The smallest absolute Gasteiger partial charge is 0.358 e. The molecule has 0 atom stereocenters. The summed E-state index contributed by atoms with van der Waals surface area (Å²) >= 11 is 1.78. The van der Waals surface area contributed by atoms with Crippen LogP contribution in [0.1, 0.15) is 11.1 Å². The summed E-state index contributed by atoms with van der Waals surface area (Å²) in [6, 6.07) is 14.7. The van der Waals surface area contributed by atoms with E-state index in [0.717, 1.165) is 17.5 Å². The monoisotopic (exact) mass is 378 g/mol. The van der Waals surface area contributed by atoms with Crippen LogP contribution in [0.15, 0.2) is 72.4 Å². The van der Waals surface area contributed by atoms with Gasteiger partial charge in [-0.05, 0) is 33.9 Å². The van der Waals surface area contributed by atoms with Gasteiger partial charge in [0.05, 0.1) is 13.2 Å². The van der Waals surface area contributed by atoms with Crippen molar-refractivity contribution in [2.45, 2.75) is 5.16 Å². The number of hydrogen-bond donors (Lipinski definition) is 0. The van der Waals surface area contributed by atoms with E-state index in [-0.39, 0.29) is 0 Å². The maximum Gasteiger partial charge on any atom is 0.358 e. The maximum atomic E-state index is 4.43. The van der Waals surface area contributed by atoms with Crippen molar-refractivity contribution in [1.29, 1.82) is 0 Å². The van der Waals surface area contributed by atoms with Gasteiger partial charge in [-0.1, -0.05) is 30.4 Å². The van der Waals surface area contributed by atoms with Crippen LogP contribution in [-0.4, -0.2) is 24.3 Å². The van der Waals surface area contributed by atoms with Crippen molar-refractivity contribution in [1.82, 2.24) is 4.98 Å². The molecule has 0 aliphatic rings. The summed E-state index contributed by atoms with van der Waals surface area (Å²) in [5.74, 6) is 0.981. The predicted molar refractivity (Wildman–Crippen MR) is 112 cm³/mol. The number of nitrogens with zero attached hydrogens (tertiary/aromatic N) is 4. The Kier molecular flexibility index (Phi) is 6.60. The lowest BCUT2D eigenvalue weighted by molar-refractivity contribution is -0.713. The minimum absolute atomic E-state index is 0.952. The largest absolute Gasteiger partial charge is 0.373 e. The quantitative estimate of drug-likeness (QED) is 0.359. The van der Waals surface area contributed by atoms with Crippen molar-refractivity contribution in [2.24, 2.45) is 14.1 Å². The Balaban J connectivity index is 1.65. The molecule has 2 heterocycles. The summed E-state index contributed by atoms with van der Waals surface area (Å²) in [4.78, 5) is 6.74. The Morgan fingerprint density at radius 3 is 2.56 bits per heavy atom.